The number of hydrogen-bond acceptors (Lipinski definition) is 5. The standard InChI is InChI=1S/C16H19N3O3S/c1-2-6-17-14(21)10-7-11-13(12(20)8-10)23-16(18-11)19-15(22)9-4-3-5-9/h2,9-10H,1,3-8H2,(H,17,21)(H,18,19,22). The zero-order chi connectivity index (χ0) is 16.4. The van der Waals surface area contributed by atoms with Gasteiger partial charge in [0.1, 0.15) is 0 Å². The second-order valence-electron chi connectivity index (χ2n) is 5.97. The monoisotopic (exact) mass is 333 g/mol. The summed E-state index contributed by atoms with van der Waals surface area (Å²) in [5.74, 6) is -0.574. The van der Waals surface area contributed by atoms with Crippen LogP contribution in [0.1, 0.15) is 41.0 Å². The minimum atomic E-state index is -0.396. The minimum Gasteiger partial charge on any atom is -0.352 e. The molecule has 3 rings (SSSR count). The van der Waals surface area contributed by atoms with Crippen molar-refractivity contribution >= 4 is 34.1 Å². The first-order valence-corrected chi connectivity index (χ1v) is 8.62. The number of Topliss-reactive ketones (excluding diaryl/α,β-unsaturated/α-hetero) is 1. The quantitative estimate of drug-likeness (QED) is 0.806. The van der Waals surface area contributed by atoms with E-state index in [9.17, 15) is 14.4 Å². The van der Waals surface area contributed by atoms with E-state index >= 15 is 0 Å². The fourth-order valence-electron chi connectivity index (χ4n) is 2.76. The third kappa shape index (κ3) is 3.34. The van der Waals surface area contributed by atoms with Gasteiger partial charge in [0.05, 0.1) is 16.5 Å². The Bertz CT molecular complexity index is 664. The molecule has 0 radical (unpaired) electrons. The molecule has 0 aromatic carbocycles. The van der Waals surface area contributed by atoms with Crippen molar-refractivity contribution in [3.05, 3.63) is 23.2 Å². The zero-order valence-corrected chi connectivity index (χ0v) is 13.6. The summed E-state index contributed by atoms with van der Waals surface area (Å²) in [6, 6.07) is 0. The lowest BCUT2D eigenvalue weighted by atomic mass is 9.85. The topological polar surface area (TPSA) is 88.2 Å². The highest BCUT2D eigenvalue weighted by Crippen LogP contribution is 2.33. The Morgan fingerprint density at radius 1 is 1.26 bits per heavy atom. The van der Waals surface area contributed by atoms with Gasteiger partial charge in [-0.3, -0.25) is 14.4 Å². The van der Waals surface area contributed by atoms with Gasteiger partial charge in [0.15, 0.2) is 10.9 Å². The molecule has 1 heterocycles. The van der Waals surface area contributed by atoms with Crippen molar-refractivity contribution in [3.8, 4) is 0 Å². The molecule has 2 N–H and O–H groups in total. The van der Waals surface area contributed by atoms with E-state index in [0.29, 0.717) is 28.7 Å². The van der Waals surface area contributed by atoms with Crippen LogP contribution in [0.2, 0.25) is 0 Å². The van der Waals surface area contributed by atoms with Crippen LogP contribution in [-0.2, 0) is 16.0 Å². The van der Waals surface area contributed by atoms with Crippen LogP contribution in [-0.4, -0.2) is 29.1 Å². The van der Waals surface area contributed by atoms with E-state index in [2.05, 4.69) is 22.2 Å². The molecule has 6 nitrogen and oxygen atoms in total. The molecule has 1 aromatic rings. The number of aromatic nitrogens is 1. The van der Waals surface area contributed by atoms with Gasteiger partial charge in [0.2, 0.25) is 11.8 Å². The van der Waals surface area contributed by atoms with Crippen molar-refractivity contribution in [3.63, 3.8) is 0 Å². The van der Waals surface area contributed by atoms with Gasteiger partial charge in [0.25, 0.3) is 0 Å². The molecule has 1 unspecified atom stereocenters. The van der Waals surface area contributed by atoms with Crippen molar-refractivity contribution in [2.45, 2.75) is 32.1 Å². The number of carbonyl (C=O) groups is 3. The van der Waals surface area contributed by atoms with E-state index < -0.39 is 5.92 Å². The van der Waals surface area contributed by atoms with Gasteiger partial charge in [0, 0.05) is 25.3 Å². The van der Waals surface area contributed by atoms with E-state index in [4.69, 9.17) is 0 Å². The molecular weight excluding hydrogens is 314 g/mol. The maximum absolute atomic E-state index is 12.2. The molecule has 1 atom stereocenters. The van der Waals surface area contributed by atoms with Crippen LogP contribution < -0.4 is 10.6 Å². The van der Waals surface area contributed by atoms with Crippen LogP contribution in [0.15, 0.2) is 12.7 Å². The van der Waals surface area contributed by atoms with Crippen LogP contribution in [0.4, 0.5) is 5.13 Å². The predicted molar refractivity (Wildman–Crippen MR) is 87.4 cm³/mol. The van der Waals surface area contributed by atoms with Crippen LogP contribution in [0, 0.1) is 11.8 Å². The molecule has 0 spiro atoms. The Kier molecular flexibility index (Phi) is 4.56. The summed E-state index contributed by atoms with van der Waals surface area (Å²) in [5, 5.41) is 5.99. The highest BCUT2D eigenvalue weighted by Gasteiger charge is 2.33. The van der Waals surface area contributed by atoms with Gasteiger partial charge in [-0.1, -0.05) is 23.8 Å². The number of thiazole rings is 1. The van der Waals surface area contributed by atoms with E-state index in [0.717, 1.165) is 19.3 Å². The zero-order valence-electron chi connectivity index (χ0n) is 12.8. The van der Waals surface area contributed by atoms with Crippen molar-refractivity contribution < 1.29 is 14.4 Å². The Hall–Kier alpha value is -2.02. The smallest absolute Gasteiger partial charge is 0.229 e. The summed E-state index contributed by atoms with van der Waals surface area (Å²) in [6.07, 6.45) is 5.15. The number of anilines is 1. The van der Waals surface area contributed by atoms with Crippen LogP contribution >= 0.6 is 11.3 Å². The minimum absolute atomic E-state index is 0.0185. The lowest BCUT2D eigenvalue weighted by molar-refractivity contribution is -0.125. The Labute approximate surface area is 138 Å². The SMILES string of the molecule is C=CCNC(=O)C1CC(=O)c2sc(NC(=O)C3CCC3)nc2C1. The molecule has 0 saturated heterocycles. The Balaban J connectivity index is 1.69. The largest absolute Gasteiger partial charge is 0.352 e. The van der Waals surface area contributed by atoms with Crippen LogP contribution in [0.3, 0.4) is 0 Å². The average molecular weight is 333 g/mol. The highest BCUT2D eigenvalue weighted by atomic mass is 32.1. The molecule has 122 valence electrons. The Morgan fingerprint density at radius 3 is 2.70 bits per heavy atom. The van der Waals surface area contributed by atoms with Crippen molar-refractivity contribution in [1.29, 1.82) is 0 Å². The lowest BCUT2D eigenvalue weighted by Gasteiger charge is -2.23. The molecule has 0 bridgehead atoms. The molecular formula is C16H19N3O3S. The molecule has 1 aromatic heterocycles. The molecule has 2 amide bonds. The number of nitrogens with one attached hydrogen (secondary N) is 2. The summed E-state index contributed by atoms with van der Waals surface area (Å²) >= 11 is 1.21. The van der Waals surface area contributed by atoms with Gasteiger partial charge < -0.3 is 10.6 Å². The fourth-order valence-corrected chi connectivity index (χ4v) is 3.71. The van der Waals surface area contributed by atoms with E-state index in [-0.39, 0.29) is 29.9 Å². The fraction of sp³-hybridized carbons (Fsp3) is 0.500. The molecule has 1 fully saturated rings. The normalized spacial score (nSPS) is 20.3. The number of amides is 2. The van der Waals surface area contributed by atoms with Crippen LogP contribution in [0.5, 0.6) is 0 Å². The summed E-state index contributed by atoms with van der Waals surface area (Å²) < 4.78 is 0. The third-order valence-corrected chi connectivity index (χ3v) is 5.37. The van der Waals surface area contributed by atoms with Crippen LogP contribution in [0.25, 0.3) is 0 Å². The molecule has 1 saturated carbocycles. The maximum atomic E-state index is 12.2. The molecule has 2 aliphatic rings. The van der Waals surface area contributed by atoms with Crippen molar-refractivity contribution in [2.75, 3.05) is 11.9 Å². The number of carbonyl (C=O) groups excluding carboxylic acids is 3. The number of rotatable bonds is 5. The lowest BCUT2D eigenvalue weighted by Crippen LogP contribution is -2.35. The maximum Gasteiger partial charge on any atom is 0.229 e. The first-order valence-electron chi connectivity index (χ1n) is 7.81. The molecule has 0 aliphatic heterocycles. The van der Waals surface area contributed by atoms with E-state index in [1.165, 1.54) is 11.3 Å². The summed E-state index contributed by atoms with van der Waals surface area (Å²) in [5.41, 5.74) is 0.619. The number of hydrogen-bond donors (Lipinski definition) is 2. The van der Waals surface area contributed by atoms with E-state index in [1.54, 1.807) is 6.08 Å². The van der Waals surface area contributed by atoms with Gasteiger partial charge in [-0.25, -0.2) is 4.98 Å². The average Bonchev–Trinajstić information content (AvgIpc) is 2.85. The Morgan fingerprint density at radius 2 is 2.04 bits per heavy atom. The second-order valence-corrected chi connectivity index (χ2v) is 6.97. The first-order chi connectivity index (χ1) is 11.1. The molecule has 2 aliphatic carbocycles. The number of nitrogens with zero attached hydrogens (tertiary/aromatic N) is 1. The van der Waals surface area contributed by atoms with Gasteiger partial charge in [-0.15, -0.1) is 6.58 Å². The number of ketones is 1. The molecule has 7 heteroatoms. The predicted octanol–water partition coefficient (Wildman–Crippen LogP) is 1.93. The first kappa shape index (κ1) is 15.9. The van der Waals surface area contributed by atoms with Gasteiger partial charge in [-0.05, 0) is 12.8 Å². The number of fused-ring (bicyclic) bond motifs is 1. The van der Waals surface area contributed by atoms with Crippen molar-refractivity contribution in [2.24, 2.45) is 11.8 Å². The summed E-state index contributed by atoms with van der Waals surface area (Å²) in [6.45, 7) is 3.94. The summed E-state index contributed by atoms with van der Waals surface area (Å²) in [7, 11) is 0. The van der Waals surface area contributed by atoms with Gasteiger partial charge >= 0.3 is 0 Å². The molecule has 23 heavy (non-hydrogen) atoms. The highest BCUT2D eigenvalue weighted by molar-refractivity contribution is 7.17. The van der Waals surface area contributed by atoms with Crippen molar-refractivity contribution in [1.82, 2.24) is 10.3 Å². The van der Waals surface area contributed by atoms with Gasteiger partial charge in [-0.2, -0.15) is 0 Å². The van der Waals surface area contributed by atoms with E-state index in [1.807, 2.05) is 0 Å². The summed E-state index contributed by atoms with van der Waals surface area (Å²) in [4.78, 5) is 41.2. The second kappa shape index (κ2) is 6.62. The third-order valence-electron chi connectivity index (χ3n) is 4.32.